The van der Waals surface area contributed by atoms with Gasteiger partial charge in [0.15, 0.2) is 0 Å². The fraction of sp³-hybridized carbons (Fsp3) is 0.611. The Bertz CT molecular complexity index is 488. The molecule has 1 aliphatic carbocycles. The van der Waals surface area contributed by atoms with Crippen molar-refractivity contribution in [3.8, 4) is 0 Å². The van der Waals surface area contributed by atoms with E-state index in [0.717, 1.165) is 19.5 Å². The zero-order chi connectivity index (χ0) is 14.7. The average molecular weight is 286 g/mol. The van der Waals surface area contributed by atoms with Crippen molar-refractivity contribution in [2.24, 2.45) is 0 Å². The summed E-state index contributed by atoms with van der Waals surface area (Å²) in [5.41, 5.74) is 2.52. The minimum atomic E-state index is 0.0397. The molecule has 1 aromatic rings. The Morgan fingerprint density at radius 1 is 1.24 bits per heavy atom. The predicted octanol–water partition coefficient (Wildman–Crippen LogP) is 3.02. The normalized spacial score (nSPS) is 22.6. The van der Waals surface area contributed by atoms with Gasteiger partial charge < -0.3 is 10.2 Å². The van der Waals surface area contributed by atoms with Crippen molar-refractivity contribution in [2.45, 2.75) is 64.1 Å². The van der Waals surface area contributed by atoms with Crippen LogP contribution in [0, 0.1) is 6.92 Å². The largest absolute Gasteiger partial charge is 0.334 e. The van der Waals surface area contributed by atoms with Gasteiger partial charge in [0.2, 0.25) is 5.91 Å². The number of carbonyl (C=O) groups excluding carboxylic acids is 1. The topological polar surface area (TPSA) is 32.3 Å². The van der Waals surface area contributed by atoms with Crippen molar-refractivity contribution in [1.29, 1.82) is 0 Å². The van der Waals surface area contributed by atoms with Gasteiger partial charge in [-0.05, 0) is 44.7 Å². The number of hydrogen-bond donors (Lipinski definition) is 1. The molecule has 1 amide bonds. The SMILES string of the molecule is Cc1cccc(CN(C(=O)C2CCCCCN2)C2CC2)c1. The minimum absolute atomic E-state index is 0.0397. The van der Waals surface area contributed by atoms with Crippen molar-refractivity contribution in [3.63, 3.8) is 0 Å². The van der Waals surface area contributed by atoms with Gasteiger partial charge in [-0.1, -0.05) is 42.7 Å². The summed E-state index contributed by atoms with van der Waals surface area (Å²) in [6.07, 6.45) is 6.96. The van der Waals surface area contributed by atoms with E-state index in [0.29, 0.717) is 11.9 Å². The molecule has 2 aliphatic rings. The molecule has 1 aliphatic heterocycles. The lowest BCUT2D eigenvalue weighted by molar-refractivity contribution is -0.134. The van der Waals surface area contributed by atoms with Crippen molar-refractivity contribution < 1.29 is 4.79 Å². The molecule has 21 heavy (non-hydrogen) atoms. The molecule has 1 N–H and O–H groups in total. The maximum absolute atomic E-state index is 12.9. The Labute approximate surface area is 127 Å². The zero-order valence-electron chi connectivity index (χ0n) is 13.0. The lowest BCUT2D eigenvalue weighted by Gasteiger charge is -2.27. The van der Waals surface area contributed by atoms with Crippen LogP contribution in [0.25, 0.3) is 0 Å². The first-order chi connectivity index (χ1) is 10.2. The molecule has 114 valence electrons. The summed E-state index contributed by atoms with van der Waals surface area (Å²) in [6, 6.07) is 9.05. The van der Waals surface area contributed by atoms with Gasteiger partial charge in [-0.25, -0.2) is 0 Å². The molecule has 1 unspecified atom stereocenters. The van der Waals surface area contributed by atoms with Crippen LogP contribution >= 0.6 is 0 Å². The van der Waals surface area contributed by atoms with E-state index in [9.17, 15) is 4.79 Å². The number of nitrogens with zero attached hydrogens (tertiary/aromatic N) is 1. The molecule has 1 atom stereocenters. The number of carbonyl (C=O) groups is 1. The van der Waals surface area contributed by atoms with Crippen LogP contribution in [-0.2, 0) is 11.3 Å². The lowest BCUT2D eigenvalue weighted by Crippen LogP contribution is -2.46. The predicted molar refractivity (Wildman–Crippen MR) is 85.0 cm³/mol. The number of hydrogen-bond acceptors (Lipinski definition) is 2. The second-order valence-electron chi connectivity index (χ2n) is 6.54. The fourth-order valence-electron chi connectivity index (χ4n) is 3.22. The molecule has 0 spiro atoms. The standard InChI is InChI=1S/C18H26N2O/c1-14-6-5-7-15(12-14)13-20(16-9-10-16)18(21)17-8-3-2-4-11-19-17/h5-7,12,16-17,19H,2-4,8-11,13H2,1H3. The highest BCUT2D eigenvalue weighted by molar-refractivity contribution is 5.82. The molecular weight excluding hydrogens is 260 g/mol. The second kappa shape index (κ2) is 6.61. The quantitative estimate of drug-likeness (QED) is 0.923. The third-order valence-corrected chi connectivity index (χ3v) is 4.56. The molecule has 0 aromatic heterocycles. The third kappa shape index (κ3) is 3.85. The van der Waals surface area contributed by atoms with Crippen LogP contribution < -0.4 is 5.32 Å². The van der Waals surface area contributed by atoms with E-state index < -0.39 is 0 Å². The smallest absolute Gasteiger partial charge is 0.240 e. The van der Waals surface area contributed by atoms with Crippen molar-refractivity contribution in [3.05, 3.63) is 35.4 Å². The first kappa shape index (κ1) is 14.6. The molecule has 1 aromatic carbocycles. The van der Waals surface area contributed by atoms with Crippen molar-refractivity contribution in [2.75, 3.05) is 6.54 Å². The van der Waals surface area contributed by atoms with Crippen LogP contribution in [0.1, 0.15) is 49.7 Å². The Morgan fingerprint density at radius 2 is 2.10 bits per heavy atom. The molecule has 0 bridgehead atoms. The summed E-state index contributed by atoms with van der Waals surface area (Å²) in [7, 11) is 0. The monoisotopic (exact) mass is 286 g/mol. The molecule has 1 heterocycles. The average Bonchev–Trinajstić information content (AvgIpc) is 3.30. The van der Waals surface area contributed by atoms with Crippen LogP contribution in [0.3, 0.4) is 0 Å². The van der Waals surface area contributed by atoms with E-state index in [-0.39, 0.29) is 6.04 Å². The highest BCUT2D eigenvalue weighted by Crippen LogP contribution is 2.29. The van der Waals surface area contributed by atoms with Gasteiger partial charge in [0.25, 0.3) is 0 Å². The number of rotatable bonds is 4. The van der Waals surface area contributed by atoms with Gasteiger partial charge in [-0.3, -0.25) is 4.79 Å². The highest BCUT2D eigenvalue weighted by atomic mass is 16.2. The third-order valence-electron chi connectivity index (χ3n) is 4.56. The van der Waals surface area contributed by atoms with Gasteiger partial charge in [0, 0.05) is 12.6 Å². The first-order valence-corrected chi connectivity index (χ1v) is 8.33. The van der Waals surface area contributed by atoms with Crippen LogP contribution in [0.15, 0.2) is 24.3 Å². The summed E-state index contributed by atoms with van der Waals surface area (Å²) in [5, 5.41) is 3.45. The number of nitrogens with one attached hydrogen (secondary N) is 1. The zero-order valence-corrected chi connectivity index (χ0v) is 13.0. The maximum atomic E-state index is 12.9. The Kier molecular flexibility index (Phi) is 4.59. The number of aryl methyl sites for hydroxylation is 1. The Morgan fingerprint density at radius 3 is 2.86 bits per heavy atom. The van der Waals surface area contributed by atoms with Gasteiger partial charge in [0.1, 0.15) is 0 Å². The van der Waals surface area contributed by atoms with Crippen LogP contribution in [-0.4, -0.2) is 29.4 Å². The number of amides is 1. The van der Waals surface area contributed by atoms with E-state index in [1.165, 1.54) is 43.2 Å². The van der Waals surface area contributed by atoms with Gasteiger partial charge in [0.05, 0.1) is 6.04 Å². The molecule has 1 saturated carbocycles. The van der Waals surface area contributed by atoms with Gasteiger partial charge in [-0.2, -0.15) is 0 Å². The lowest BCUT2D eigenvalue weighted by atomic mass is 10.1. The van der Waals surface area contributed by atoms with E-state index in [2.05, 4.69) is 41.4 Å². The van der Waals surface area contributed by atoms with E-state index in [1.54, 1.807) is 0 Å². The van der Waals surface area contributed by atoms with Crippen LogP contribution in [0.2, 0.25) is 0 Å². The van der Waals surface area contributed by atoms with E-state index >= 15 is 0 Å². The minimum Gasteiger partial charge on any atom is -0.334 e. The molecule has 0 radical (unpaired) electrons. The molecule has 1 saturated heterocycles. The van der Waals surface area contributed by atoms with E-state index in [1.807, 2.05) is 0 Å². The Hall–Kier alpha value is -1.35. The first-order valence-electron chi connectivity index (χ1n) is 8.33. The van der Waals surface area contributed by atoms with Crippen molar-refractivity contribution >= 4 is 5.91 Å². The van der Waals surface area contributed by atoms with Crippen molar-refractivity contribution in [1.82, 2.24) is 10.2 Å². The molecule has 3 nitrogen and oxygen atoms in total. The molecule has 3 rings (SSSR count). The van der Waals surface area contributed by atoms with Crippen LogP contribution in [0.5, 0.6) is 0 Å². The highest BCUT2D eigenvalue weighted by Gasteiger charge is 2.35. The Balaban J connectivity index is 1.70. The summed E-state index contributed by atoms with van der Waals surface area (Å²) in [4.78, 5) is 15.0. The van der Waals surface area contributed by atoms with Gasteiger partial charge >= 0.3 is 0 Å². The van der Waals surface area contributed by atoms with E-state index in [4.69, 9.17) is 0 Å². The maximum Gasteiger partial charge on any atom is 0.240 e. The fourth-order valence-corrected chi connectivity index (χ4v) is 3.22. The summed E-state index contributed by atoms with van der Waals surface area (Å²) < 4.78 is 0. The molecule has 2 fully saturated rings. The molecule has 3 heteroatoms. The molecular formula is C18H26N2O. The summed E-state index contributed by atoms with van der Waals surface area (Å²) in [6.45, 7) is 3.86. The van der Waals surface area contributed by atoms with Gasteiger partial charge in [-0.15, -0.1) is 0 Å². The second-order valence-corrected chi connectivity index (χ2v) is 6.54. The number of benzene rings is 1. The summed E-state index contributed by atoms with van der Waals surface area (Å²) in [5.74, 6) is 0.320. The van der Waals surface area contributed by atoms with Crippen LogP contribution in [0.4, 0.5) is 0 Å². The summed E-state index contributed by atoms with van der Waals surface area (Å²) >= 11 is 0.